The van der Waals surface area contributed by atoms with Crippen molar-refractivity contribution in [3.05, 3.63) is 47.4 Å². The molecule has 0 spiro atoms. The lowest BCUT2D eigenvalue weighted by atomic mass is 10.2. The van der Waals surface area contributed by atoms with Gasteiger partial charge in [0.25, 0.3) is 0 Å². The molecule has 0 bridgehead atoms. The molecule has 0 amide bonds. The maximum absolute atomic E-state index is 9.52. The maximum Gasteiger partial charge on any atom is 0.122 e. The Morgan fingerprint density at radius 1 is 1.46 bits per heavy atom. The summed E-state index contributed by atoms with van der Waals surface area (Å²) in [6.07, 6.45) is 4.50. The van der Waals surface area contributed by atoms with E-state index in [1.54, 1.807) is 0 Å². The van der Waals surface area contributed by atoms with Crippen LogP contribution in [0.3, 0.4) is 0 Å². The van der Waals surface area contributed by atoms with E-state index in [4.69, 9.17) is 0 Å². The molecule has 0 aromatic heterocycles. The van der Waals surface area contributed by atoms with Gasteiger partial charge in [0.15, 0.2) is 0 Å². The average molecular weight is 174 g/mol. The number of rotatable bonds is 2. The molecular weight excluding hydrogens is 160 g/mol. The van der Waals surface area contributed by atoms with Gasteiger partial charge >= 0.3 is 0 Å². The molecule has 0 aliphatic carbocycles. The summed E-state index contributed by atoms with van der Waals surface area (Å²) in [5, 5.41) is 11.4. The predicted octanol–water partition coefficient (Wildman–Crippen LogP) is 1.73. The van der Waals surface area contributed by atoms with Gasteiger partial charge in [-0.3, -0.25) is 0 Å². The zero-order valence-corrected chi connectivity index (χ0v) is 7.83. The Labute approximate surface area is 78.3 Å². The fraction of sp³-hybridized carbons (Fsp3) is 0.167. The van der Waals surface area contributed by atoms with Crippen molar-refractivity contribution in [1.29, 1.82) is 0 Å². The Bertz CT molecular complexity index is 401. The minimum atomic E-state index is 0.236. The molecule has 0 heterocycles. The first kappa shape index (κ1) is 9.59. The van der Waals surface area contributed by atoms with E-state index in [0.29, 0.717) is 0 Å². The molecule has 13 heavy (non-hydrogen) atoms. The SMILES string of the molecule is C=C/C(O)=c1/cccc/c1=C/CC. The molecule has 1 aromatic carbocycles. The molecular formula is C12H14O. The van der Waals surface area contributed by atoms with Crippen molar-refractivity contribution in [1.82, 2.24) is 0 Å². The molecule has 0 aliphatic heterocycles. The summed E-state index contributed by atoms with van der Waals surface area (Å²) < 4.78 is 0. The van der Waals surface area contributed by atoms with Gasteiger partial charge in [-0.1, -0.05) is 43.8 Å². The van der Waals surface area contributed by atoms with Gasteiger partial charge in [0, 0.05) is 5.22 Å². The zero-order valence-electron chi connectivity index (χ0n) is 7.83. The molecule has 0 saturated heterocycles. The van der Waals surface area contributed by atoms with Crippen LogP contribution in [0, 0.1) is 0 Å². The van der Waals surface area contributed by atoms with Gasteiger partial charge in [-0.2, -0.15) is 0 Å². The van der Waals surface area contributed by atoms with Gasteiger partial charge in [-0.25, -0.2) is 0 Å². The van der Waals surface area contributed by atoms with Crippen molar-refractivity contribution < 1.29 is 5.11 Å². The van der Waals surface area contributed by atoms with E-state index in [1.165, 1.54) is 6.08 Å². The first-order valence-electron chi connectivity index (χ1n) is 4.40. The number of aliphatic hydroxyl groups excluding tert-OH is 1. The summed E-state index contributed by atoms with van der Waals surface area (Å²) >= 11 is 0. The van der Waals surface area contributed by atoms with E-state index < -0.39 is 0 Å². The number of hydrogen-bond donors (Lipinski definition) is 1. The molecule has 1 nitrogen and oxygen atoms in total. The third-order valence-electron chi connectivity index (χ3n) is 1.85. The van der Waals surface area contributed by atoms with Crippen LogP contribution in [0.5, 0.6) is 0 Å². The standard InChI is InChI=1S/C12H14O/c1-3-7-10-8-5-6-9-11(10)12(13)4-2/h4-9,13H,2-3H2,1H3/b10-7-,12-11+. The van der Waals surface area contributed by atoms with Crippen LogP contribution >= 0.6 is 0 Å². The topological polar surface area (TPSA) is 20.2 Å². The van der Waals surface area contributed by atoms with E-state index in [0.717, 1.165) is 16.9 Å². The Hall–Kier alpha value is -1.50. The molecule has 68 valence electrons. The number of aliphatic hydroxyl groups is 1. The highest BCUT2D eigenvalue weighted by atomic mass is 16.3. The predicted molar refractivity (Wildman–Crippen MR) is 56.7 cm³/mol. The van der Waals surface area contributed by atoms with Crippen LogP contribution in [0.15, 0.2) is 36.9 Å². The lowest BCUT2D eigenvalue weighted by molar-refractivity contribution is 0.511. The molecule has 0 fully saturated rings. The van der Waals surface area contributed by atoms with Crippen molar-refractivity contribution in [2.75, 3.05) is 0 Å². The van der Waals surface area contributed by atoms with E-state index in [1.807, 2.05) is 24.3 Å². The highest BCUT2D eigenvalue weighted by Gasteiger charge is 1.88. The van der Waals surface area contributed by atoms with E-state index in [9.17, 15) is 5.11 Å². The fourth-order valence-electron chi connectivity index (χ4n) is 1.24. The van der Waals surface area contributed by atoms with Crippen LogP contribution in [0.1, 0.15) is 13.3 Å². The Morgan fingerprint density at radius 3 is 2.77 bits per heavy atom. The molecule has 1 rings (SSSR count). The van der Waals surface area contributed by atoms with Gasteiger partial charge in [-0.05, 0) is 17.7 Å². The summed E-state index contributed by atoms with van der Waals surface area (Å²) in [6.45, 7) is 5.61. The zero-order chi connectivity index (χ0) is 9.68. The first-order chi connectivity index (χ1) is 6.29. The lowest BCUT2D eigenvalue weighted by Crippen LogP contribution is -2.25. The maximum atomic E-state index is 9.52. The van der Waals surface area contributed by atoms with Crippen LogP contribution in [0.2, 0.25) is 0 Å². The van der Waals surface area contributed by atoms with Crippen LogP contribution in [-0.2, 0) is 0 Å². The number of hydrogen-bond acceptors (Lipinski definition) is 1. The minimum Gasteiger partial charge on any atom is -0.507 e. The summed E-state index contributed by atoms with van der Waals surface area (Å²) in [7, 11) is 0. The quantitative estimate of drug-likeness (QED) is 0.724. The van der Waals surface area contributed by atoms with Gasteiger partial charge in [0.2, 0.25) is 0 Å². The van der Waals surface area contributed by atoms with E-state index >= 15 is 0 Å². The molecule has 0 unspecified atom stereocenters. The molecule has 1 N–H and O–H groups in total. The van der Waals surface area contributed by atoms with Crippen molar-refractivity contribution in [2.24, 2.45) is 0 Å². The van der Waals surface area contributed by atoms with Crippen molar-refractivity contribution >= 4 is 11.8 Å². The van der Waals surface area contributed by atoms with Crippen LogP contribution in [-0.4, -0.2) is 5.11 Å². The molecule has 0 aliphatic rings. The van der Waals surface area contributed by atoms with Gasteiger partial charge in [0.1, 0.15) is 5.76 Å². The lowest BCUT2D eigenvalue weighted by Gasteiger charge is -1.92. The monoisotopic (exact) mass is 174 g/mol. The third-order valence-corrected chi connectivity index (χ3v) is 1.85. The number of benzene rings is 1. The fourth-order valence-corrected chi connectivity index (χ4v) is 1.24. The smallest absolute Gasteiger partial charge is 0.122 e. The molecule has 1 heteroatoms. The van der Waals surface area contributed by atoms with Crippen molar-refractivity contribution in [3.8, 4) is 0 Å². The second kappa shape index (κ2) is 4.51. The van der Waals surface area contributed by atoms with Crippen LogP contribution in [0.25, 0.3) is 11.8 Å². The van der Waals surface area contributed by atoms with Gasteiger partial charge in [0.05, 0.1) is 0 Å². The molecule has 1 aromatic rings. The van der Waals surface area contributed by atoms with Gasteiger partial charge in [-0.15, -0.1) is 0 Å². The molecule has 0 saturated carbocycles. The van der Waals surface area contributed by atoms with Crippen LogP contribution < -0.4 is 10.4 Å². The molecule has 0 radical (unpaired) electrons. The van der Waals surface area contributed by atoms with Gasteiger partial charge < -0.3 is 5.11 Å². The van der Waals surface area contributed by atoms with Crippen molar-refractivity contribution in [2.45, 2.75) is 13.3 Å². The van der Waals surface area contributed by atoms with E-state index in [-0.39, 0.29) is 5.76 Å². The van der Waals surface area contributed by atoms with Crippen LogP contribution in [0.4, 0.5) is 0 Å². The highest BCUT2D eigenvalue weighted by Crippen LogP contribution is 1.84. The normalized spacial score (nSPS) is 14.1. The summed E-state index contributed by atoms with van der Waals surface area (Å²) in [4.78, 5) is 0. The second-order valence-corrected chi connectivity index (χ2v) is 2.79. The average Bonchev–Trinajstić information content (AvgIpc) is 2.18. The minimum absolute atomic E-state index is 0.236. The Kier molecular flexibility index (Phi) is 3.32. The summed E-state index contributed by atoms with van der Waals surface area (Å²) in [5.41, 5.74) is 0. The second-order valence-electron chi connectivity index (χ2n) is 2.79. The summed E-state index contributed by atoms with van der Waals surface area (Å²) in [5.74, 6) is 0.236. The largest absolute Gasteiger partial charge is 0.507 e. The third kappa shape index (κ3) is 2.22. The molecule has 0 atom stereocenters. The first-order valence-corrected chi connectivity index (χ1v) is 4.40. The Morgan fingerprint density at radius 2 is 2.15 bits per heavy atom. The van der Waals surface area contributed by atoms with Crippen molar-refractivity contribution in [3.63, 3.8) is 0 Å². The Balaban J connectivity index is 3.55. The summed E-state index contributed by atoms with van der Waals surface area (Å²) in [6, 6.07) is 7.74. The van der Waals surface area contributed by atoms with E-state index in [2.05, 4.69) is 19.6 Å². The highest BCUT2D eigenvalue weighted by molar-refractivity contribution is 5.47.